The average molecular weight is 381 g/mol. The van der Waals surface area contributed by atoms with Crippen LogP contribution in [0.5, 0.6) is 5.75 Å². The zero-order chi connectivity index (χ0) is 20.4. The van der Waals surface area contributed by atoms with Crippen LogP contribution >= 0.6 is 0 Å². The van der Waals surface area contributed by atoms with Gasteiger partial charge in [-0.05, 0) is 32.0 Å². The van der Waals surface area contributed by atoms with E-state index in [1.807, 2.05) is 24.6 Å². The van der Waals surface area contributed by atoms with Crippen molar-refractivity contribution in [3.63, 3.8) is 0 Å². The molecule has 1 aromatic carbocycles. The summed E-state index contributed by atoms with van der Waals surface area (Å²) in [6.45, 7) is 4.57. The summed E-state index contributed by atoms with van der Waals surface area (Å²) in [6, 6.07) is 8.02. The van der Waals surface area contributed by atoms with Gasteiger partial charge in [-0.2, -0.15) is 5.10 Å². The predicted octanol–water partition coefficient (Wildman–Crippen LogP) is 2.96. The molecule has 28 heavy (non-hydrogen) atoms. The smallest absolute Gasteiger partial charge is 0.318 e. The first kappa shape index (κ1) is 19.0. The molecule has 144 valence electrons. The molecule has 0 saturated heterocycles. The van der Waals surface area contributed by atoms with E-state index in [-0.39, 0.29) is 22.6 Å². The maximum Gasteiger partial charge on any atom is 0.318 e. The summed E-state index contributed by atoms with van der Waals surface area (Å²) < 4.78 is 6.93. The van der Waals surface area contributed by atoms with Gasteiger partial charge in [0.15, 0.2) is 5.75 Å². The number of hydrogen-bond donors (Lipinski definition) is 1. The second-order valence-electron chi connectivity index (χ2n) is 6.11. The lowest BCUT2D eigenvalue weighted by Gasteiger charge is -2.10. The third kappa shape index (κ3) is 3.41. The highest BCUT2D eigenvalue weighted by Crippen LogP contribution is 2.39. The molecule has 0 bridgehead atoms. The molecular weight excluding hydrogens is 362 g/mol. The van der Waals surface area contributed by atoms with E-state index in [2.05, 4.69) is 10.1 Å². The van der Waals surface area contributed by atoms with Crippen molar-refractivity contribution >= 4 is 11.6 Å². The second kappa shape index (κ2) is 7.47. The fraction of sp³-hybridized carbons (Fsp3) is 0.211. The fourth-order valence-corrected chi connectivity index (χ4v) is 3.01. The lowest BCUT2D eigenvalue weighted by molar-refractivity contribution is -0.385. The fourth-order valence-electron chi connectivity index (χ4n) is 3.01. The van der Waals surface area contributed by atoms with Gasteiger partial charge in [-0.3, -0.25) is 24.6 Å². The number of methoxy groups -OCH3 is 1. The molecular formula is C19H19N5O4. The molecule has 0 saturated carbocycles. The number of benzene rings is 1. The van der Waals surface area contributed by atoms with Gasteiger partial charge >= 0.3 is 5.69 Å². The maximum atomic E-state index is 11.6. The summed E-state index contributed by atoms with van der Waals surface area (Å²) in [5.74, 6) is -0.749. The number of nitrogens with zero attached hydrogens (tertiary/aromatic N) is 4. The van der Waals surface area contributed by atoms with E-state index in [9.17, 15) is 14.9 Å². The molecule has 0 atom stereocenters. The summed E-state index contributed by atoms with van der Waals surface area (Å²) in [5.41, 5.74) is 8.30. The number of hydrogen-bond acceptors (Lipinski definition) is 6. The van der Waals surface area contributed by atoms with Crippen LogP contribution in [0.4, 0.5) is 5.69 Å². The van der Waals surface area contributed by atoms with Crippen LogP contribution < -0.4 is 10.5 Å². The number of pyridine rings is 1. The molecule has 2 aromatic heterocycles. The Labute approximate surface area is 160 Å². The van der Waals surface area contributed by atoms with Gasteiger partial charge in [0.1, 0.15) is 0 Å². The van der Waals surface area contributed by atoms with Gasteiger partial charge in [-0.15, -0.1) is 0 Å². The van der Waals surface area contributed by atoms with Crippen LogP contribution in [0, 0.1) is 17.0 Å². The van der Waals surface area contributed by atoms with Gasteiger partial charge in [0.25, 0.3) is 0 Å². The Bertz CT molecular complexity index is 1060. The Morgan fingerprint density at radius 2 is 2.07 bits per heavy atom. The Kier molecular flexibility index (Phi) is 5.08. The van der Waals surface area contributed by atoms with Crippen LogP contribution in [0.1, 0.15) is 23.0 Å². The number of amides is 1. The topological polar surface area (TPSA) is 126 Å². The van der Waals surface area contributed by atoms with Crippen LogP contribution in [0.2, 0.25) is 0 Å². The van der Waals surface area contributed by atoms with Crippen molar-refractivity contribution in [1.82, 2.24) is 14.8 Å². The molecule has 9 heteroatoms. The number of aryl methyl sites for hydroxylation is 2. The van der Waals surface area contributed by atoms with Crippen molar-refractivity contribution < 1.29 is 14.5 Å². The molecule has 0 aliphatic rings. The van der Waals surface area contributed by atoms with Crippen molar-refractivity contribution in [2.24, 2.45) is 5.73 Å². The Morgan fingerprint density at radius 3 is 2.61 bits per heavy atom. The predicted molar refractivity (Wildman–Crippen MR) is 103 cm³/mol. The molecule has 0 spiro atoms. The first-order chi connectivity index (χ1) is 13.3. The Hall–Kier alpha value is -3.75. The van der Waals surface area contributed by atoms with E-state index >= 15 is 0 Å². The largest absolute Gasteiger partial charge is 0.490 e. The van der Waals surface area contributed by atoms with Crippen molar-refractivity contribution in [3.05, 3.63) is 57.9 Å². The molecule has 2 N–H and O–H groups in total. The average Bonchev–Trinajstić information content (AvgIpc) is 3.07. The lowest BCUT2D eigenvalue weighted by atomic mass is 10.0. The summed E-state index contributed by atoms with van der Waals surface area (Å²) in [6.07, 6.45) is 1.52. The van der Waals surface area contributed by atoms with E-state index < -0.39 is 10.8 Å². The molecule has 0 aliphatic carbocycles. The number of rotatable bonds is 6. The number of ether oxygens (including phenoxy) is 1. The quantitative estimate of drug-likeness (QED) is 0.517. The molecule has 3 aromatic rings. The molecule has 1 amide bonds. The van der Waals surface area contributed by atoms with Crippen LogP contribution in [-0.4, -0.2) is 32.7 Å². The van der Waals surface area contributed by atoms with Crippen molar-refractivity contribution in [3.8, 4) is 28.3 Å². The molecule has 0 radical (unpaired) electrons. The Morgan fingerprint density at radius 1 is 1.32 bits per heavy atom. The molecule has 0 fully saturated rings. The van der Waals surface area contributed by atoms with Crippen LogP contribution in [-0.2, 0) is 6.54 Å². The number of nitrogens with two attached hydrogens (primary N) is 1. The van der Waals surface area contributed by atoms with E-state index in [0.29, 0.717) is 17.8 Å². The van der Waals surface area contributed by atoms with Crippen LogP contribution in [0.15, 0.2) is 36.5 Å². The Balaban J connectivity index is 2.14. The van der Waals surface area contributed by atoms with Crippen molar-refractivity contribution in [1.29, 1.82) is 0 Å². The van der Waals surface area contributed by atoms with Gasteiger partial charge in [-0.1, -0.05) is 6.07 Å². The standard InChI is InChI=1S/C19H19N5O4/c1-4-23-16(7-11(2)22-23)15-6-5-12(10-21-15)14-8-13(19(20)25)9-17(28-3)18(14)24(26)27/h5-10H,4H2,1-3H3,(H2,20,25). The minimum absolute atomic E-state index is 0.0416. The zero-order valence-electron chi connectivity index (χ0n) is 15.7. The molecule has 0 aliphatic heterocycles. The number of carbonyl (C=O) groups excluding carboxylic acids is 1. The summed E-state index contributed by atoms with van der Waals surface area (Å²) in [7, 11) is 1.30. The van der Waals surface area contributed by atoms with Gasteiger partial charge in [0, 0.05) is 29.9 Å². The molecule has 3 rings (SSSR count). The van der Waals surface area contributed by atoms with Crippen LogP contribution in [0.3, 0.4) is 0 Å². The molecule has 2 heterocycles. The molecule has 0 unspecified atom stereocenters. The summed E-state index contributed by atoms with van der Waals surface area (Å²) >= 11 is 0. The van der Waals surface area contributed by atoms with E-state index in [0.717, 1.165) is 11.4 Å². The minimum Gasteiger partial charge on any atom is -0.490 e. The summed E-state index contributed by atoms with van der Waals surface area (Å²) in [4.78, 5) is 27.1. The lowest BCUT2D eigenvalue weighted by Crippen LogP contribution is -2.12. The zero-order valence-corrected chi connectivity index (χ0v) is 15.7. The number of nitro groups is 1. The van der Waals surface area contributed by atoms with Gasteiger partial charge in [0.2, 0.25) is 5.91 Å². The third-order valence-corrected chi connectivity index (χ3v) is 4.30. The van der Waals surface area contributed by atoms with Gasteiger partial charge in [-0.25, -0.2) is 0 Å². The first-order valence-corrected chi connectivity index (χ1v) is 8.53. The maximum absolute atomic E-state index is 11.6. The minimum atomic E-state index is -0.707. The van der Waals surface area contributed by atoms with Gasteiger partial charge < -0.3 is 10.5 Å². The van der Waals surface area contributed by atoms with Crippen LogP contribution in [0.25, 0.3) is 22.5 Å². The van der Waals surface area contributed by atoms with E-state index in [1.54, 1.807) is 12.1 Å². The highest BCUT2D eigenvalue weighted by molar-refractivity contribution is 5.96. The highest BCUT2D eigenvalue weighted by atomic mass is 16.6. The number of aromatic nitrogens is 3. The monoisotopic (exact) mass is 381 g/mol. The van der Waals surface area contributed by atoms with Gasteiger partial charge in [0.05, 0.1) is 34.7 Å². The summed E-state index contributed by atoms with van der Waals surface area (Å²) in [5, 5.41) is 16.0. The number of carbonyl (C=O) groups is 1. The third-order valence-electron chi connectivity index (χ3n) is 4.30. The second-order valence-corrected chi connectivity index (χ2v) is 6.11. The number of primary amides is 1. The van der Waals surface area contributed by atoms with E-state index in [1.165, 1.54) is 25.4 Å². The normalized spacial score (nSPS) is 10.7. The molecule has 9 nitrogen and oxygen atoms in total. The van der Waals surface area contributed by atoms with E-state index in [4.69, 9.17) is 10.5 Å². The first-order valence-electron chi connectivity index (χ1n) is 8.53. The number of nitro benzene ring substituents is 1. The van der Waals surface area contributed by atoms with Crippen molar-refractivity contribution in [2.45, 2.75) is 20.4 Å². The highest BCUT2D eigenvalue weighted by Gasteiger charge is 2.25. The van der Waals surface area contributed by atoms with Crippen molar-refractivity contribution in [2.75, 3.05) is 7.11 Å². The SMILES string of the molecule is CCn1nc(C)cc1-c1ccc(-c2cc(C(N)=O)cc(OC)c2[N+](=O)[O-])cn1.